The third kappa shape index (κ3) is 2.02. The van der Waals surface area contributed by atoms with E-state index in [1.165, 1.54) is 6.33 Å². The molecule has 0 radical (unpaired) electrons. The molecule has 0 aliphatic carbocycles. The molecule has 0 bridgehead atoms. The zero-order chi connectivity index (χ0) is 10.7. The van der Waals surface area contributed by atoms with Crippen molar-refractivity contribution in [2.24, 2.45) is 0 Å². The van der Waals surface area contributed by atoms with Crippen molar-refractivity contribution in [3.63, 3.8) is 0 Å². The summed E-state index contributed by atoms with van der Waals surface area (Å²) in [4.78, 5) is 11.4. The number of hydrogen-bond acceptors (Lipinski definition) is 2. The van der Waals surface area contributed by atoms with Gasteiger partial charge >= 0.3 is 0 Å². The molecule has 2 aromatic heterocycles. The Morgan fingerprint density at radius 1 is 1.40 bits per heavy atom. The van der Waals surface area contributed by atoms with Crippen LogP contribution in [0.4, 0.5) is 0 Å². The van der Waals surface area contributed by atoms with Gasteiger partial charge < -0.3 is 4.98 Å². The lowest BCUT2D eigenvalue weighted by molar-refractivity contribution is 0.903. The highest BCUT2D eigenvalue weighted by Crippen LogP contribution is 2.25. The van der Waals surface area contributed by atoms with Crippen molar-refractivity contribution in [2.45, 2.75) is 19.8 Å². The van der Waals surface area contributed by atoms with E-state index in [1.54, 1.807) is 0 Å². The van der Waals surface area contributed by atoms with Gasteiger partial charge in [-0.3, -0.25) is 0 Å². The van der Waals surface area contributed by atoms with E-state index >= 15 is 0 Å². The molecule has 0 aliphatic heterocycles. The summed E-state index contributed by atoms with van der Waals surface area (Å²) in [5, 5.41) is 0.552. The number of nitrogens with one attached hydrogen (secondary N) is 1. The number of rotatable bonds is 3. The van der Waals surface area contributed by atoms with Crippen LogP contribution in [0.15, 0.2) is 24.7 Å². The second kappa shape index (κ2) is 4.45. The Morgan fingerprint density at radius 2 is 2.27 bits per heavy atom. The average Bonchev–Trinajstić information content (AvgIpc) is 2.74. The zero-order valence-corrected chi connectivity index (χ0v) is 9.25. The highest BCUT2D eigenvalue weighted by Gasteiger charge is 2.10. The molecule has 0 unspecified atom stereocenters. The maximum absolute atomic E-state index is 6.06. The molecule has 0 saturated carbocycles. The van der Waals surface area contributed by atoms with Gasteiger partial charge in [0, 0.05) is 11.8 Å². The Kier molecular flexibility index (Phi) is 3.02. The number of aromatic nitrogens is 3. The summed E-state index contributed by atoms with van der Waals surface area (Å²) in [7, 11) is 0. The predicted octanol–water partition coefficient (Wildman–Crippen LogP) is 3.08. The third-order valence-corrected chi connectivity index (χ3v) is 2.57. The van der Waals surface area contributed by atoms with Gasteiger partial charge in [-0.2, -0.15) is 0 Å². The fourth-order valence-corrected chi connectivity index (χ4v) is 1.80. The monoisotopic (exact) mass is 221 g/mol. The van der Waals surface area contributed by atoms with E-state index < -0.39 is 0 Å². The van der Waals surface area contributed by atoms with E-state index in [0.717, 1.165) is 29.8 Å². The first kappa shape index (κ1) is 10.2. The summed E-state index contributed by atoms with van der Waals surface area (Å²) < 4.78 is 0. The van der Waals surface area contributed by atoms with Crippen LogP contribution in [0.25, 0.3) is 11.4 Å². The number of H-pyrrole nitrogens is 1. The van der Waals surface area contributed by atoms with E-state index in [-0.39, 0.29) is 0 Å². The Labute approximate surface area is 93.5 Å². The van der Waals surface area contributed by atoms with Gasteiger partial charge in [-0.1, -0.05) is 24.9 Å². The highest BCUT2D eigenvalue weighted by atomic mass is 35.5. The third-order valence-electron chi connectivity index (χ3n) is 2.25. The smallest absolute Gasteiger partial charge is 0.136 e. The second-order valence-corrected chi connectivity index (χ2v) is 3.68. The molecule has 1 N–H and O–H groups in total. The maximum Gasteiger partial charge on any atom is 0.136 e. The summed E-state index contributed by atoms with van der Waals surface area (Å²) in [5.41, 5.74) is 2.91. The lowest BCUT2D eigenvalue weighted by Gasteiger charge is -2.06. The minimum Gasteiger partial charge on any atom is -0.360 e. The van der Waals surface area contributed by atoms with Crippen LogP contribution in [-0.4, -0.2) is 15.0 Å². The number of nitrogens with zero attached hydrogens (tertiary/aromatic N) is 2. The first-order valence-corrected chi connectivity index (χ1v) is 5.34. The fraction of sp³-hybridized carbons (Fsp3) is 0.273. The van der Waals surface area contributed by atoms with Crippen molar-refractivity contribution in [2.75, 3.05) is 0 Å². The number of halogens is 1. The molecule has 0 saturated heterocycles. The maximum atomic E-state index is 6.06. The molecule has 0 fully saturated rings. The average molecular weight is 222 g/mol. The van der Waals surface area contributed by atoms with Crippen LogP contribution < -0.4 is 0 Å². The van der Waals surface area contributed by atoms with Gasteiger partial charge in [0.2, 0.25) is 0 Å². The molecular formula is C11H12ClN3. The van der Waals surface area contributed by atoms with E-state index in [4.69, 9.17) is 11.6 Å². The lowest BCUT2D eigenvalue weighted by atomic mass is 10.1. The second-order valence-electron chi connectivity index (χ2n) is 3.33. The summed E-state index contributed by atoms with van der Waals surface area (Å²) in [5.74, 6) is 0. The largest absolute Gasteiger partial charge is 0.360 e. The molecule has 3 nitrogen and oxygen atoms in total. The number of aromatic amines is 1. The zero-order valence-electron chi connectivity index (χ0n) is 8.50. The number of hydrogen-bond donors (Lipinski definition) is 1. The molecule has 0 atom stereocenters. The Hall–Kier alpha value is -1.35. The van der Waals surface area contributed by atoms with E-state index in [0.29, 0.717) is 5.15 Å². The summed E-state index contributed by atoms with van der Waals surface area (Å²) in [6.07, 6.45) is 5.30. The standard InChI is InChI=1S/C11H12ClN3/c1-2-4-8-10(9-5-3-6-13-9)14-7-15-11(8)12/h3,5-7,13H,2,4H2,1H3. The van der Waals surface area contributed by atoms with Gasteiger partial charge in [-0.25, -0.2) is 9.97 Å². The highest BCUT2D eigenvalue weighted by molar-refractivity contribution is 6.30. The van der Waals surface area contributed by atoms with Crippen LogP contribution in [0.1, 0.15) is 18.9 Å². The summed E-state index contributed by atoms with van der Waals surface area (Å²) in [6, 6.07) is 3.93. The molecule has 78 valence electrons. The van der Waals surface area contributed by atoms with Gasteiger partial charge in [-0.15, -0.1) is 0 Å². The summed E-state index contributed by atoms with van der Waals surface area (Å²) in [6.45, 7) is 2.11. The molecule has 0 spiro atoms. The molecule has 0 aliphatic rings. The van der Waals surface area contributed by atoms with E-state index in [1.807, 2.05) is 18.3 Å². The van der Waals surface area contributed by atoms with Crippen molar-refractivity contribution >= 4 is 11.6 Å². The van der Waals surface area contributed by atoms with Crippen molar-refractivity contribution < 1.29 is 0 Å². The topological polar surface area (TPSA) is 41.6 Å². The van der Waals surface area contributed by atoms with Crippen molar-refractivity contribution in [1.82, 2.24) is 15.0 Å². The molecule has 15 heavy (non-hydrogen) atoms. The molecule has 0 amide bonds. The fourth-order valence-electron chi connectivity index (χ4n) is 1.57. The molecule has 2 aromatic rings. The van der Waals surface area contributed by atoms with Crippen LogP contribution in [0.5, 0.6) is 0 Å². The molecule has 2 rings (SSSR count). The predicted molar refractivity (Wildman–Crippen MR) is 60.8 cm³/mol. The summed E-state index contributed by atoms with van der Waals surface area (Å²) >= 11 is 6.06. The lowest BCUT2D eigenvalue weighted by Crippen LogP contribution is -1.96. The van der Waals surface area contributed by atoms with E-state index in [9.17, 15) is 0 Å². The van der Waals surface area contributed by atoms with Crippen LogP contribution in [0, 0.1) is 0 Å². The Bertz CT molecular complexity index is 437. The van der Waals surface area contributed by atoms with Crippen molar-refractivity contribution in [3.8, 4) is 11.4 Å². The van der Waals surface area contributed by atoms with Gasteiger partial charge in [-0.05, 0) is 18.6 Å². The van der Waals surface area contributed by atoms with Crippen molar-refractivity contribution in [3.05, 3.63) is 35.4 Å². The van der Waals surface area contributed by atoms with Gasteiger partial charge in [0.25, 0.3) is 0 Å². The SMILES string of the molecule is CCCc1c(Cl)ncnc1-c1ccc[nH]1. The van der Waals surface area contributed by atoms with Gasteiger partial charge in [0.05, 0.1) is 11.4 Å². The minimum atomic E-state index is 0.552. The van der Waals surface area contributed by atoms with E-state index in [2.05, 4.69) is 21.9 Å². The first-order chi connectivity index (χ1) is 7.33. The molecular weight excluding hydrogens is 210 g/mol. The van der Waals surface area contributed by atoms with Crippen LogP contribution in [-0.2, 0) is 6.42 Å². The Balaban J connectivity index is 2.51. The minimum absolute atomic E-state index is 0.552. The molecule has 2 heterocycles. The quantitative estimate of drug-likeness (QED) is 0.810. The molecule has 0 aromatic carbocycles. The first-order valence-electron chi connectivity index (χ1n) is 4.96. The van der Waals surface area contributed by atoms with Crippen LogP contribution in [0.2, 0.25) is 5.15 Å². The van der Waals surface area contributed by atoms with Crippen molar-refractivity contribution in [1.29, 1.82) is 0 Å². The van der Waals surface area contributed by atoms with Crippen LogP contribution in [0.3, 0.4) is 0 Å². The Morgan fingerprint density at radius 3 is 2.93 bits per heavy atom. The molecule has 4 heteroatoms. The van der Waals surface area contributed by atoms with Crippen LogP contribution >= 0.6 is 11.6 Å². The van der Waals surface area contributed by atoms with Gasteiger partial charge in [0.15, 0.2) is 0 Å². The van der Waals surface area contributed by atoms with Gasteiger partial charge in [0.1, 0.15) is 11.5 Å². The normalized spacial score (nSPS) is 10.5.